The van der Waals surface area contributed by atoms with Gasteiger partial charge >= 0.3 is 0 Å². The molecule has 0 nitrogen and oxygen atoms in total. The highest BCUT2D eigenvalue weighted by atomic mass is 35.5. The SMILES string of the molecule is CCCC1CCC(C2CCC(c3ccc(F)cc3)CC2)CC1.CCCC1CCC(c2ccc(Cl)cc2)CC1.CCCCCC1CCC(c2ccc(-c3ccc(F)cc3)cc2)CC1.[HH].[HH].[HH]. The van der Waals surface area contributed by atoms with Crippen molar-refractivity contribution in [2.24, 2.45) is 29.6 Å². The van der Waals surface area contributed by atoms with Gasteiger partial charge in [-0.25, -0.2) is 8.78 Å². The Balaban J connectivity index is 0.000000258. The van der Waals surface area contributed by atoms with E-state index in [-0.39, 0.29) is 15.9 Å². The molecule has 4 aromatic carbocycles. The minimum absolute atomic E-state index is 0. The Morgan fingerprint density at radius 3 is 1.13 bits per heavy atom. The molecule has 8 rings (SSSR count). The van der Waals surface area contributed by atoms with Crippen molar-refractivity contribution in [2.75, 3.05) is 0 Å². The number of benzene rings is 4. The predicted molar refractivity (Wildman–Crippen MR) is 270 cm³/mol. The third-order valence-corrected chi connectivity index (χ3v) is 16.1. The summed E-state index contributed by atoms with van der Waals surface area (Å²) >= 11 is 5.92. The molecule has 0 N–H and O–H groups in total. The molecule has 0 spiro atoms. The molecular formula is C59H87ClF2. The van der Waals surface area contributed by atoms with Crippen LogP contribution < -0.4 is 0 Å². The van der Waals surface area contributed by atoms with Gasteiger partial charge in [-0.1, -0.05) is 157 Å². The summed E-state index contributed by atoms with van der Waals surface area (Å²) in [5, 5.41) is 0.850. The molecule has 3 heteroatoms. The highest BCUT2D eigenvalue weighted by molar-refractivity contribution is 6.30. The fourth-order valence-electron chi connectivity index (χ4n) is 12.0. The van der Waals surface area contributed by atoms with Crippen molar-refractivity contribution in [3.63, 3.8) is 0 Å². The maximum Gasteiger partial charge on any atom is 0.123 e. The molecule has 0 heterocycles. The summed E-state index contributed by atoms with van der Waals surface area (Å²) in [6.45, 7) is 6.90. The molecule has 0 amide bonds. The van der Waals surface area contributed by atoms with E-state index in [1.165, 1.54) is 188 Å². The Labute approximate surface area is 386 Å². The van der Waals surface area contributed by atoms with Gasteiger partial charge in [0.25, 0.3) is 0 Å². The van der Waals surface area contributed by atoms with E-state index in [0.29, 0.717) is 5.92 Å². The molecule has 0 atom stereocenters. The molecule has 4 aliphatic rings. The fourth-order valence-corrected chi connectivity index (χ4v) is 12.1. The lowest BCUT2D eigenvalue weighted by molar-refractivity contribution is 0.156. The molecule has 4 saturated carbocycles. The van der Waals surface area contributed by atoms with E-state index in [9.17, 15) is 8.78 Å². The highest BCUT2D eigenvalue weighted by Gasteiger charge is 2.31. The second kappa shape index (κ2) is 26.1. The van der Waals surface area contributed by atoms with Gasteiger partial charge in [-0.3, -0.25) is 0 Å². The fraction of sp³-hybridized carbons (Fsp3) is 0.593. The summed E-state index contributed by atoms with van der Waals surface area (Å²) in [6.07, 6.45) is 33.5. The number of hydrogen-bond donors (Lipinski definition) is 0. The molecule has 0 unspecified atom stereocenters. The zero-order valence-electron chi connectivity index (χ0n) is 39.0. The van der Waals surface area contributed by atoms with Crippen LogP contribution in [0.25, 0.3) is 11.1 Å². The smallest absolute Gasteiger partial charge is 0.123 e. The molecule has 0 aliphatic heterocycles. The molecule has 344 valence electrons. The molecule has 0 radical (unpaired) electrons. The van der Waals surface area contributed by atoms with Gasteiger partial charge in [0.2, 0.25) is 0 Å². The molecule has 0 aromatic heterocycles. The van der Waals surface area contributed by atoms with E-state index in [4.69, 9.17) is 11.6 Å². The molecular weight excluding hydrogens is 782 g/mol. The normalized spacial score (nSPS) is 26.4. The summed E-state index contributed by atoms with van der Waals surface area (Å²) in [5.74, 6) is 6.86. The van der Waals surface area contributed by atoms with Gasteiger partial charge in [0, 0.05) is 9.30 Å². The van der Waals surface area contributed by atoms with Crippen molar-refractivity contribution >= 4 is 11.6 Å². The quantitative estimate of drug-likeness (QED) is 0.117. The Morgan fingerprint density at radius 1 is 0.387 bits per heavy atom. The van der Waals surface area contributed by atoms with Gasteiger partial charge in [-0.2, -0.15) is 0 Å². The first-order valence-corrected chi connectivity index (χ1v) is 26.1. The summed E-state index contributed by atoms with van der Waals surface area (Å²) in [5.41, 5.74) is 6.58. The van der Waals surface area contributed by atoms with Crippen LogP contribution in [0.3, 0.4) is 0 Å². The summed E-state index contributed by atoms with van der Waals surface area (Å²) < 4.78 is 26.1. The maximum atomic E-state index is 13.0. The van der Waals surface area contributed by atoms with Crippen LogP contribution in [0.4, 0.5) is 8.78 Å². The number of halogens is 3. The van der Waals surface area contributed by atoms with Crippen LogP contribution in [0.15, 0.2) is 97.1 Å². The first-order valence-electron chi connectivity index (χ1n) is 25.7. The molecule has 0 saturated heterocycles. The number of rotatable bonds is 13. The standard InChI is InChI=1S/C23H29F.C21H31F.C15H21Cl.3H2/c1-2-3-4-5-18-6-8-19(9-7-18)20-10-12-21(13-11-20)22-14-16-23(24)17-15-22;1-2-3-16-4-6-17(7-5-16)18-8-10-19(11-9-18)20-12-14-21(22)15-13-20;1-2-3-12-4-6-13(7-5-12)14-8-10-15(16)11-9-14;;;/h10-19H,2-9H2,1H3;12-19H,2-11H2,1H3;8-13H,2-7H2,1H3;3*1H. The van der Waals surface area contributed by atoms with Crippen LogP contribution in [-0.4, -0.2) is 0 Å². The number of unbranched alkanes of at least 4 members (excludes halogenated alkanes) is 2. The molecule has 62 heavy (non-hydrogen) atoms. The average molecular weight is 870 g/mol. The molecule has 4 aliphatic carbocycles. The van der Waals surface area contributed by atoms with E-state index in [2.05, 4.69) is 57.2 Å². The van der Waals surface area contributed by atoms with Crippen molar-refractivity contribution in [3.8, 4) is 11.1 Å². The highest BCUT2D eigenvalue weighted by Crippen LogP contribution is 2.45. The van der Waals surface area contributed by atoms with Crippen LogP contribution in [0.5, 0.6) is 0 Å². The molecule has 4 fully saturated rings. The summed E-state index contributed by atoms with van der Waals surface area (Å²) in [7, 11) is 0. The van der Waals surface area contributed by atoms with Gasteiger partial charge in [0.15, 0.2) is 0 Å². The van der Waals surface area contributed by atoms with Crippen LogP contribution in [0.1, 0.15) is 214 Å². The Kier molecular flexibility index (Phi) is 20.4. The largest absolute Gasteiger partial charge is 0.207 e. The van der Waals surface area contributed by atoms with E-state index in [1.807, 2.05) is 36.4 Å². The summed E-state index contributed by atoms with van der Waals surface area (Å²) in [6, 6.07) is 31.4. The van der Waals surface area contributed by atoms with Gasteiger partial charge in [-0.05, 0) is 201 Å². The Bertz CT molecular complexity index is 1780. The van der Waals surface area contributed by atoms with Gasteiger partial charge in [0.05, 0.1) is 0 Å². The van der Waals surface area contributed by atoms with Crippen molar-refractivity contribution in [2.45, 2.75) is 193 Å². The third kappa shape index (κ3) is 15.3. The van der Waals surface area contributed by atoms with Crippen molar-refractivity contribution in [1.29, 1.82) is 0 Å². The maximum absolute atomic E-state index is 13.0. The first kappa shape index (κ1) is 48.5. The molecule has 0 bridgehead atoms. The van der Waals surface area contributed by atoms with Crippen molar-refractivity contribution in [1.82, 2.24) is 0 Å². The minimum Gasteiger partial charge on any atom is -0.207 e. The average Bonchev–Trinajstić information content (AvgIpc) is 3.32. The van der Waals surface area contributed by atoms with Gasteiger partial charge < -0.3 is 0 Å². The summed E-state index contributed by atoms with van der Waals surface area (Å²) in [4.78, 5) is 0. The second-order valence-electron chi connectivity index (χ2n) is 20.1. The van der Waals surface area contributed by atoms with E-state index < -0.39 is 0 Å². The van der Waals surface area contributed by atoms with Crippen LogP contribution in [-0.2, 0) is 0 Å². The molecule has 4 aromatic rings. The Morgan fingerprint density at radius 2 is 0.710 bits per heavy atom. The van der Waals surface area contributed by atoms with Crippen molar-refractivity contribution in [3.05, 3.63) is 130 Å². The second-order valence-corrected chi connectivity index (χ2v) is 20.6. The van der Waals surface area contributed by atoms with Crippen LogP contribution in [0, 0.1) is 41.2 Å². The van der Waals surface area contributed by atoms with Crippen LogP contribution in [0.2, 0.25) is 5.02 Å². The topological polar surface area (TPSA) is 0 Å². The van der Waals surface area contributed by atoms with Crippen molar-refractivity contribution < 1.29 is 13.1 Å². The third-order valence-electron chi connectivity index (χ3n) is 15.9. The monoisotopic (exact) mass is 869 g/mol. The lowest BCUT2D eigenvalue weighted by Crippen LogP contribution is -2.25. The Hall–Kier alpha value is -2.97. The zero-order valence-corrected chi connectivity index (χ0v) is 39.7. The van der Waals surface area contributed by atoms with Crippen LogP contribution >= 0.6 is 11.6 Å². The lowest BCUT2D eigenvalue weighted by atomic mass is 9.68. The van der Waals surface area contributed by atoms with Gasteiger partial charge in [-0.15, -0.1) is 0 Å². The predicted octanol–water partition coefficient (Wildman–Crippen LogP) is 20.2. The van der Waals surface area contributed by atoms with E-state index in [1.54, 1.807) is 12.1 Å². The van der Waals surface area contributed by atoms with Gasteiger partial charge in [0.1, 0.15) is 11.6 Å². The number of hydrogen-bond acceptors (Lipinski definition) is 0. The van der Waals surface area contributed by atoms with E-state index in [0.717, 1.165) is 52.0 Å². The zero-order chi connectivity index (χ0) is 43.5. The minimum atomic E-state index is -0.175. The first-order chi connectivity index (χ1) is 30.3. The van der Waals surface area contributed by atoms with E-state index >= 15 is 0 Å². The lowest BCUT2D eigenvalue weighted by Gasteiger charge is -2.38.